The first-order valence-electron chi connectivity index (χ1n) is 6.14. The molecule has 1 N–H and O–H groups in total. The van der Waals surface area contributed by atoms with Crippen molar-refractivity contribution in [3.8, 4) is 0 Å². The van der Waals surface area contributed by atoms with Crippen molar-refractivity contribution in [1.82, 2.24) is 0 Å². The average Bonchev–Trinajstić information content (AvgIpc) is 2.29. The van der Waals surface area contributed by atoms with Gasteiger partial charge in [0, 0.05) is 10.1 Å². The average molecular weight is 236 g/mol. The van der Waals surface area contributed by atoms with E-state index in [-0.39, 0.29) is 6.61 Å². The number of aliphatic hydroxyl groups excluding tert-OH is 1. The monoisotopic (exact) mass is 236 g/mol. The standard InChI is InChI=1S/C14H20OS/c1-11-4-2-6-13(8-11)16-14-7-3-5-12(9-14)10-15/h3,5,7,9,11,13,15H,2,4,6,8,10H2,1H3. The Morgan fingerprint density at radius 1 is 1.38 bits per heavy atom. The van der Waals surface area contributed by atoms with E-state index in [1.165, 1.54) is 30.6 Å². The molecule has 1 saturated carbocycles. The fourth-order valence-electron chi connectivity index (χ4n) is 2.40. The summed E-state index contributed by atoms with van der Waals surface area (Å²) in [5, 5.41) is 9.88. The summed E-state index contributed by atoms with van der Waals surface area (Å²) in [5.74, 6) is 0.882. The molecule has 1 aliphatic carbocycles. The lowest BCUT2D eigenvalue weighted by Gasteiger charge is -2.26. The molecule has 16 heavy (non-hydrogen) atoms. The van der Waals surface area contributed by atoms with Crippen LogP contribution in [0.4, 0.5) is 0 Å². The molecule has 0 bridgehead atoms. The molecule has 2 unspecified atom stereocenters. The number of hydrogen-bond acceptors (Lipinski definition) is 2. The van der Waals surface area contributed by atoms with E-state index in [2.05, 4.69) is 19.1 Å². The summed E-state index contributed by atoms with van der Waals surface area (Å²) in [4.78, 5) is 1.31. The zero-order valence-electron chi connectivity index (χ0n) is 9.86. The summed E-state index contributed by atoms with van der Waals surface area (Å²) >= 11 is 1.99. The highest BCUT2D eigenvalue weighted by Gasteiger charge is 2.19. The Balaban J connectivity index is 1.97. The van der Waals surface area contributed by atoms with Gasteiger partial charge in [0.1, 0.15) is 0 Å². The predicted molar refractivity (Wildman–Crippen MR) is 69.6 cm³/mol. The molecule has 0 aliphatic heterocycles. The first kappa shape index (κ1) is 12.0. The third kappa shape index (κ3) is 3.26. The minimum atomic E-state index is 0.148. The second-order valence-electron chi connectivity index (χ2n) is 4.82. The fraction of sp³-hybridized carbons (Fsp3) is 0.571. The Hall–Kier alpha value is -0.470. The number of benzene rings is 1. The summed E-state index contributed by atoms with van der Waals surface area (Å²) in [6.07, 6.45) is 5.46. The molecule has 0 amide bonds. The maximum Gasteiger partial charge on any atom is 0.0682 e. The van der Waals surface area contributed by atoms with Gasteiger partial charge in [0.05, 0.1) is 6.61 Å². The molecule has 1 fully saturated rings. The van der Waals surface area contributed by atoms with Crippen molar-refractivity contribution in [2.75, 3.05) is 0 Å². The second-order valence-corrected chi connectivity index (χ2v) is 6.19. The van der Waals surface area contributed by atoms with Crippen molar-refractivity contribution >= 4 is 11.8 Å². The van der Waals surface area contributed by atoms with Crippen LogP contribution in [-0.2, 0) is 6.61 Å². The minimum Gasteiger partial charge on any atom is -0.392 e. The molecular weight excluding hydrogens is 216 g/mol. The SMILES string of the molecule is CC1CCCC(Sc2cccc(CO)c2)C1. The van der Waals surface area contributed by atoms with Crippen molar-refractivity contribution in [3.63, 3.8) is 0 Å². The van der Waals surface area contributed by atoms with Crippen LogP contribution in [0, 0.1) is 5.92 Å². The Bertz CT molecular complexity index is 337. The van der Waals surface area contributed by atoms with Crippen LogP contribution in [0.25, 0.3) is 0 Å². The normalized spacial score (nSPS) is 25.6. The number of aliphatic hydroxyl groups is 1. The van der Waals surface area contributed by atoms with Gasteiger partial charge in [-0.1, -0.05) is 31.9 Å². The third-order valence-corrected chi connectivity index (χ3v) is 4.56. The van der Waals surface area contributed by atoms with Crippen molar-refractivity contribution in [2.45, 2.75) is 49.4 Å². The molecule has 0 saturated heterocycles. The van der Waals surface area contributed by atoms with Gasteiger partial charge >= 0.3 is 0 Å². The van der Waals surface area contributed by atoms with Gasteiger partial charge in [-0.05, 0) is 36.5 Å². The summed E-state index contributed by atoms with van der Waals surface area (Å²) < 4.78 is 0. The Kier molecular flexibility index (Phi) is 4.30. The summed E-state index contributed by atoms with van der Waals surface area (Å²) in [5.41, 5.74) is 1.02. The molecule has 1 nitrogen and oxygen atoms in total. The zero-order chi connectivity index (χ0) is 11.4. The summed E-state index contributed by atoms with van der Waals surface area (Å²) in [7, 11) is 0. The summed E-state index contributed by atoms with van der Waals surface area (Å²) in [6, 6.07) is 8.29. The minimum absolute atomic E-state index is 0.148. The van der Waals surface area contributed by atoms with E-state index in [4.69, 9.17) is 5.11 Å². The molecule has 1 aromatic carbocycles. The number of hydrogen-bond donors (Lipinski definition) is 1. The van der Waals surface area contributed by atoms with E-state index in [0.717, 1.165) is 16.7 Å². The van der Waals surface area contributed by atoms with Crippen LogP contribution in [0.1, 0.15) is 38.2 Å². The van der Waals surface area contributed by atoms with E-state index in [9.17, 15) is 0 Å². The van der Waals surface area contributed by atoms with Crippen LogP contribution in [0.15, 0.2) is 29.2 Å². The van der Waals surface area contributed by atoms with Crippen LogP contribution in [0.3, 0.4) is 0 Å². The molecule has 2 rings (SSSR count). The van der Waals surface area contributed by atoms with E-state index in [0.29, 0.717) is 0 Å². The highest BCUT2D eigenvalue weighted by Crippen LogP contribution is 2.36. The molecule has 0 radical (unpaired) electrons. The molecule has 2 atom stereocenters. The van der Waals surface area contributed by atoms with Gasteiger partial charge in [0.25, 0.3) is 0 Å². The van der Waals surface area contributed by atoms with Gasteiger partial charge in [0.2, 0.25) is 0 Å². The smallest absolute Gasteiger partial charge is 0.0682 e. The molecule has 2 heteroatoms. The first-order valence-corrected chi connectivity index (χ1v) is 7.02. The van der Waals surface area contributed by atoms with Gasteiger partial charge in [-0.2, -0.15) is 0 Å². The van der Waals surface area contributed by atoms with Crippen molar-refractivity contribution in [2.24, 2.45) is 5.92 Å². The van der Waals surface area contributed by atoms with Crippen molar-refractivity contribution in [1.29, 1.82) is 0 Å². The predicted octanol–water partition coefficient (Wildman–Crippen LogP) is 3.85. The van der Waals surface area contributed by atoms with Crippen LogP contribution in [0.2, 0.25) is 0 Å². The second kappa shape index (κ2) is 5.74. The number of thioether (sulfide) groups is 1. The number of rotatable bonds is 3. The highest BCUT2D eigenvalue weighted by molar-refractivity contribution is 8.00. The maximum atomic E-state index is 9.10. The largest absolute Gasteiger partial charge is 0.392 e. The molecule has 88 valence electrons. The lowest BCUT2D eigenvalue weighted by Crippen LogP contribution is -2.14. The highest BCUT2D eigenvalue weighted by atomic mass is 32.2. The van der Waals surface area contributed by atoms with Gasteiger partial charge in [-0.25, -0.2) is 0 Å². The van der Waals surface area contributed by atoms with Crippen molar-refractivity contribution in [3.05, 3.63) is 29.8 Å². The molecule has 0 aromatic heterocycles. The molecule has 1 aliphatic rings. The Labute approximate surface area is 102 Å². The first-order chi connectivity index (χ1) is 7.78. The zero-order valence-corrected chi connectivity index (χ0v) is 10.7. The van der Waals surface area contributed by atoms with Gasteiger partial charge < -0.3 is 5.11 Å². The molecule has 0 spiro atoms. The van der Waals surface area contributed by atoms with Crippen molar-refractivity contribution < 1.29 is 5.11 Å². The van der Waals surface area contributed by atoms with E-state index in [1.807, 2.05) is 23.9 Å². The van der Waals surface area contributed by atoms with E-state index < -0.39 is 0 Å². The maximum absolute atomic E-state index is 9.10. The van der Waals surface area contributed by atoms with Crippen LogP contribution < -0.4 is 0 Å². The Morgan fingerprint density at radius 3 is 3.00 bits per heavy atom. The lowest BCUT2D eigenvalue weighted by atomic mass is 9.91. The lowest BCUT2D eigenvalue weighted by molar-refractivity contribution is 0.281. The topological polar surface area (TPSA) is 20.2 Å². The van der Waals surface area contributed by atoms with Crippen LogP contribution >= 0.6 is 11.8 Å². The van der Waals surface area contributed by atoms with Gasteiger partial charge in [-0.3, -0.25) is 0 Å². The van der Waals surface area contributed by atoms with E-state index in [1.54, 1.807) is 0 Å². The summed E-state index contributed by atoms with van der Waals surface area (Å²) in [6.45, 7) is 2.51. The van der Waals surface area contributed by atoms with E-state index >= 15 is 0 Å². The molecule has 1 aromatic rings. The van der Waals surface area contributed by atoms with Crippen LogP contribution in [0.5, 0.6) is 0 Å². The quantitative estimate of drug-likeness (QED) is 0.860. The van der Waals surface area contributed by atoms with Gasteiger partial charge in [0.15, 0.2) is 0 Å². The molecular formula is C14H20OS. The fourth-order valence-corrected chi connectivity index (χ4v) is 3.87. The third-order valence-electron chi connectivity index (χ3n) is 3.27. The molecule has 0 heterocycles. The van der Waals surface area contributed by atoms with Gasteiger partial charge in [-0.15, -0.1) is 11.8 Å². The Morgan fingerprint density at radius 2 is 2.25 bits per heavy atom. The van der Waals surface area contributed by atoms with Crippen LogP contribution in [-0.4, -0.2) is 10.4 Å².